The highest BCUT2D eigenvalue weighted by Gasteiger charge is 2.47. The highest BCUT2D eigenvalue weighted by Crippen LogP contribution is 2.26. The van der Waals surface area contributed by atoms with Crippen molar-refractivity contribution in [2.75, 3.05) is 13.2 Å². The molecule has 0 radical (unpaired) electrons. The number of ether oxygens (including phenoxy) is 3. The SMILES string of the molecule is CCCCC/C=C\C/C=C\C/C=C\CCCCCCCCCCCCCC(O)C(=O)NC(COC1OC(CO)C(O)C(O)C1OC(=O)CCCCCCCCCC/C=C\C/C=C\C/C=C\CCCCC)C(O)/C=C/CCCCCCCCCCCCC. The number of rotatable bonds is 62. The zero-order chi connectivity index (χ0) is 63.1. The van der Waals surface area contributed by atoms with Gasteiger partial charge < -0.3 is 45.1 Å². The predicted molar refractivity (Wildman–Crippen MR) is 366 cm³/mol. The second kappa shape index (κ2) is 63.0. The fraction of sp³-hybridized carbons (Fsp3) is 0.789. The fourth-order valence-electron chi connectivity index (χ4n) is 11.0. The van der Waals surface area contributed by atoms with Crippen LogP contribution >= 0.6 is 0 Å². The predicted octanol–water partition coefficient (Wildman–Crippen LogP) is 18.8. The molecule has 11 nitrogen and oxygen atoms in total. The molecular formula is C76H135NO10. The van der Waals surface area contributed by atoms with Crippen molar-refractivity contribution in [1.82, 2.24) is 5.32 Å². The third kappa shape index (κ3) is 50.2. The fourth-order valence-corrected chi connectivity index (χ4v) is 11.0. The Morgan fingerprint density at radius 2 is 0.793 bits per heavy atom. The first-order valence-corrected chi connectivity index (χ1v) is 36.4. The number of amides is 1. The van der Waals surface area contributed by atoms with E-state index < -0.39 is 67.4 Å². The second-order valence-corrected chi connectivity index (χ2v) is 25.0. The Bertz CT molecular complexity index is 1740. The van der Waals surface area contributed by atoms with Crippen molar-refractivity contribution in [3.63, 3.8) is 0 Å². The van der Waals surface area contributed by atoms with Crippen LogP contribution < -0.4 is 5.32 Å². The van der Waals surface area contributed by atoms with Gasteiger partial charge in [0.15, 0.2) is 12.4 Å². The van der Waals surface area contributed by atoms with Gasteiger partial charge in [-0.3, -0.25) is 9.59 Å². The Balaban J connectivity index is 2.59. The Kier molecular flexibility index (Phi) is 59.3. The van der Waals surface area contributed by atoms with Gasteiger partial charge in [-0.1, -0.05) is 298 Å². The standard InChI is InChI=1S/C76H135NO10/c1-4-7-10-13-16-19-22-25-27-29-31-33-34-35-37-38-40-42-45-48-51-54-57-60-63-69(80)75(84)77-67(68(79)62-59-56-53-50-47-44-24-21-18-15-12-9-6-3)66-85-76-74(73(83)72(82)70(65-78)86-76)87-71(81)64-61-58-55-52-49-46-43-41-39-36-32-30-28-26-23-20-17-14-11-8-5-2/h16-17,19-20,25-28,31-33,36,59,62,67-70,72-74,76,78-80,82-83H,4-15,18,21-24,29-30,34-35,37-58,60-61,63-66H2,1-3H3,(H,77,84)/b19-16-,20-17-,27-25-,28-26-,33-31-,36-32-,62-59+. The number of hydrogen-bond acceptors (Lipinski definition) is 10. The van der Waals surface area contributed by atoms with Crippen LogP contribution in [0.2, 0.25) is 0 Å². The average Bonchev–Trinajstić information content (AvgIpc) is 1.53. The van der Waals surface area contributed by atoms with Gasteiger partial charge in [0.05, 0.1) is 25.4 Å². The Labute approximate surface area is 533 Å². The summed E-state index contributed by atoms with van der Waals surface area (Å²) < 4.78 is 17.7. The number of nitrogens with one attached hydrogen (secondary N) is 1. The summed E-state index contributed by atoms with van der Waals surface area (Å²) in [5, 5.41) is 57.3. The van der Waals surface area contributed by atoms with Gasteiger partial charge in [-0.15, -0.1) is 0 Å². The summed E-state index contributed by atoms with van der Waals surface area (Å²) in [6.45, 7) is 5.77. The molecule has 0 aromatic heterocycles. The molecule has 1 rings (SSSR count). The quantitative estimate of drug-likeness (QED) is 0.0195. The molecule has 0 saturated carbocycles. The summed E-state index contributed by atoms with van der Waals surface area (Å²) in [5.41, 5.74) is 0. The average molecular weight is 1220 g/mol. The van der Waals surface area contributed by atoms with Gasteiger partial charge >= 0.3 is 5.97 Å². The van der Waals surface area contributed by atoms with E-state index in [4.69, 9.17) is 14.2 Å². The van der Waals surface area contributed by atoms with E-state index in [9.17, 15) is 35.1 Å². The molecule has 8 atom stereocenters. The molecule has 11 heteroatoms. The van der Waals surface area contributed by atoms with Crippen molar-refractivity contribution in [3.05, 3.63) is 85.1 Å². The third-order valence-corrected chi connectivity index (χ3v) is 16.8. The number of carbonyl (C=O) groups excluding carboxylic acids is 2. The summed E-state index contributed by atoms with van der Waals surface area (Å²) in [7, 11) is 0. The minimum Gasteiger partial charge on any atom is -0.454 e. The van der Waals surface area contributed by atoms with Crippen LogP contribution in [0.5, 0.6) is 0 Å². The molecule has 8 unspecified atom stereocenters. The zero-order valence-corrected chi connectivity index (χ0v) is 56.1. The van der Waals surface area contributed by atoms with Crippen molar-refractivity contribution < 1.29 is 49.3 Å². The number of aliphatic hydroxyl groups excluding tert-OH is 5. The van der Waals surface area contributed by atoms with Crippen molar-refractivity contribution >= 4 is 11.9 Å². The third-order valence-electron chi connectivity index (χ3n) is 16.8. The molecule has 87 heavy (non-hydrogen) atoms. The van der Waals surface area contributed by atoms with Crippen LogP contribution in [0.3, 0.4) is 0 Å². The van der Waals surface area contributed by atoms with Crippen molar-refractivity contribution in [2.45, 2.75) is 372 Å². The number of unbranched alkanes of at least 4 members (excludes halogenated alkanes) is 36. The van der Waals surface area contributed by atoms with Crippen molar-refractivity contribution in [3.8, 4) is 0 Å². The Morgan fingerprint density at radius 3 is 1.21 bits per heavy atom. The van der Waals surface area contributed by atoms with E-state index in [-0.39, 0.29) is 19.4 Å². The molecule has 0 bridgehead atoms. The minimum absolute atomic E-state index is 0.113. The van der Waals surface area contributed by atoms with Crippen LogP contribution in [0.1, 0.15) is 323 Å². The van der Waals surface area contributed by atoms with Gasteiger partial charge in [0.2, 0.25) is 5.91 Å². The maximum Gasteiger partial charge on any atom is 0.306 e. The number of hydrogen-bond donors (Lipinski definition) is 6. The highest BCUT2D eigenvalue weighted by atomic mass is 16.7. The van der Waals surface area contributed by atoms with E-state index in [2.05, 4.69) is 99.0 Å². The van der Waals surface area contributed by atoms with Crippen LogP contribution in [0.25, 0.3) is 0 Å². The lowest BCUT2D eigenvalue weighted by atomic mass is 9.99. The first-order valence-electron chi connectivity index (χ1n) is 36.4. The summed E-state index contributed by atoms with van der Waals surface area (Å²) in [4.78, 5) is 26.7. The maximum absolute atomic E-state index is 13.5. The molecule has 1 saturated heterocycles. The maximum atomic E-state index is 13.5. The lowest BCUT2D eigenvalue weighted by Gasteiger charge is -2.41. The molecular weight excluding hydrogens is 1090 g/mol. The molecule has 0 aromatic rings. The van der Waals surface area contributed by atoms with E-state index in [0.29, 0.717) is 12.8 Å². The van der Waals surface area contributed by atoms with E-state index in [1.807, 2.05) is 6.08 Å². The monoisotopic (exact) mass is 1220 g/mol. The molecule has 1 amide bonds. The van der Waals surface area contributed by atoms with Crippen LogP contribution in [0.4, 0.5) is 0 Å². The molecule has 504 valence electrons. The van der Waals surface area contributed by atoms with E-state index in [1.54, 1.807) is 6.08 Å². The molecule has 1 aliphatic rings. The van der Waals surface area contributed by atoms with Crippen molar-refractivity contribution in [1.29, 1.82) is 0 Å². The molecule has 1 heterocycles. The van der Waals surface area contributed by atoms with E-state index >= 15 is 0 Å². The number of allylic oxidation sites excluding steroid dienone is 13. The molecule has 1 fully saturated rings. The summed E-state index contributed by atoms with van der Waals surface area (Å²) in [6, 6.07) is -1.03. The Hall–Kier alpha value is -3.16. The largest absolute Gasteiger partial charge is 0.454 e. The van der Waals surface area contributed by atoms with Crippen molar-refractivity contribution in [2.24, 2.45) is 0 Å². The highest BCUT2D eigenvalue weighted by molar-refractivity contribution is 5.80. The smallest absolute Gasteiger partial charge is 0.306 e. The van der Waals surface area contributed by atoms with Gasteiger partial charge in [-0.2, -0.15) is 0 Å². The topological polar surface area (TPSA) is 175 Å². The summed E-state index contributed by atoms with van der Waals surface area (Å²) in [6.07, 6.45) is 73.2. The van der Waals surface area contributed by atoms with Gasteiger partial charge in [-0.05, 0) is 103 Å². The van der Waals surface area contributed by atoms with Gasteiger partial charge in [0.25, 0.3) is 0 Å². The summed E-state index contributed by atoms with van der Waals surface area (Å²) >= 11 is 0. The number of esters is 1. The Morgan fingerprint density at radius 1 is 0.448 bits per heavy atom. The number of aliphatic hydroxyl groups is 5. The normalized spacial score (nSPS) is 18.7. The van der Waals surface area contributed by atoms with E-state index in [0.717, 1.165) is 103 Å². The molecule has 0 spiro atoms. The lowest BCUT2D eigenvalue weighted by molar-refractivity contribution is -0.305. The minimum atomic E-state index is -1.62. The van der Waals surface area contributed by atoms with E-state index in [1.165, 1.54) is 173 Å². The van der Waals surface area contributed by atoms with Gasteiger partial charge in [-0.25, -0.2) is 0 Å². The lowest BCUT2D eigenvalue weighted by Crippen LogP contribution is -2.61. The summed E-state index contributed by atoms with van der Waals surface area (Å²) in [5.74, 6) is -1.20. The second-order valence-electron chi connectivity index (χ2n) is 25.0. The van der Waals surface area contributed by atoms with Gasteiger partial charge in [0, 0.05) is 6.42 Å². The first-order chi connectivity index (χ1) is 42.7. The van der Waals surface area contributed by atoms with Crippen LogP contribution in [0, 0.1) is 0 Å². The van der Waals surface area contributed by atoms with Gasteiger partial charge in [0.1, 0.15) is 24.4 Å². The van der Waals surface area contributed by atoms with Crippen LogP contribution in [0.15, 0.2) is 85.1 Å². The molecule has 0 aromatic carbocycles. The molecule has 1 aliphatic heterocycles. The zero-order valence-electron chi connectivity index (χ0n) is 56.1. The molecule has 6 N–H and O–H groups in total. The van der Waals surface area contributed by atoms with Crippen LogP contribution in [-0.4, -0.2) is 99.6 Å². The number of carbonyl (C=O) groups is 2. The first kappa shape index (κ1) is 81.9. The van der Waals surface area contributed by atoms with Crippen LogP contribution in [-0.2, 0) is 23.8 Å². The molecule has 0 aliphatic carbocycles.